The number of carbonyl (C=O) groups is 1. The van der Waals surface area contributed by atoms with Crippen molar-refractivity contribution < 1.29 is 31.4 Å². The molecular formula is C34H36BrN3O2. The molecule has 3 aliphatic heterocycles. The van der Waals surface area contributed by atoms with Gasteiger partial charge in [-0.3, -0.25) is 9.78 Å². The average molecular weight is 599 g/mol. The zero-order chi connectivity index (χ0) is 26.8. The highest BCUT2D eigenvalue weighted by molar-refractivity contribution is 5.82. The fraction of sp³-hybridized carbons (Fsp3) is 0.294. The first kappa shape index (κ1) is 28.2. The number of hydrogen-bond acceptors (Lipinski definition) is 3. The molecule has 1 aromatic heterocycles. The summed E-state index contributed by atoms with van der Waals surface area (Å²) >= 11 is 0. The maximum absolute atomic E-state index is 13.9. The molecule has 4 aromatic rings. The van der Waals surface area contributed by atoms with Crippen LogP contribution in [-0.4, -0.2) is 46.2 Å². The number of pyridine rings is 1. The lowest BCUT2D eigenvalue weighted by Gasteiger charge is -2.57. The number of fused-ring (bicyclic) bond motifs is 4. The van der Waals surface area contributed by atoms with Crippen LogP contribution in [0.25, 0.3) is 10.9 Å². The minimum atomic E-state index is -0.682. The predicted octanol–water partition coefficient (Wildman–Crippen LogP) is 2.59. The highest BCUT2D eigenvalue weighted by Gasteiger charge is 2.54. The molecule has 0 spiro atoms. The molecule has 3 aromatic carbocycles. The largest absolute Gasteiger partial charge is 1.00 e. The van der Waals surface area contributed by atoms with E-state index in [0.717, 1.165) is 53.5 Å². The van der Waals surface area contributed by atoms with Crippen molar-refractivity contribution in [2.75, 3.05) is 19.6 Å². The first-order valence-electron chi connectivity index (χ1n) is 14.0. The van der Waals surface area contributed by atoms with Crippen molar-refractivity contribution in [1.82, 2.24) is 10.3 Å². The molecule has 7 rings (SSSR count). The van der Waals surface area contributed by atoms with E-state index in [1.54, 1.807) is 6.20 Å². The molecule has 3 aliphatic rings. The van der Waals surface area contributed by atoms with Crippen molar-refractivity contribution in [2.24, 2.45) is 11.8 Å². The number of carbonyl (C=O) groups excluding carboxylic acids is 1. The molecule has 5 nitrogen and oxygen atoms in total. The van der Waals surface area contributed by atoms with E-state index in [9.17, 15) is 9.90 Å². The Morgan fingerprint density at radius 1 is 1.00 bits per heavy atom. The molecular weight excluding hydrogens is 562 g/mol. The van der Waals surface area contributed by atoms with E-state index in [-0.39, 0.29) is 35.0 Å². The monoisotopic (exact) mass is 597 g/mol. The van der Waals surface area contributed by atoms with Gasteiger partial charge in [0.1, 0.15) is 12.1 Å². The summed E-state index contributed by atoms with van der Waals surface area (Å²) in [6, 6.07) is 29.9. The Labute approximate surface area is 246 Å². The molecule has 206 valence electrons. The number of para-hydroxylation sites is 1. The lowest BCUT2D eigenvalue weighted by atomic mass is 9.71. The molecule has 2 N–H and O–H groups in total. The van der Waals surface area contributed by atoms with Crippen molar-refractivity contribution in [1.29, 1.82) is 0 Å². The molecule has 2 bridgehead atoms. The van der Waals surface area contributed by atoms with Crippen molar-refractivity contribution >= 4 is 16.8 Å². The molecule has 6 heteroatoms. The van der Waals surface area contributed by atoms with Crippen LogP contribution in [0.4, 0.5) is 0 Å². The van der Waals surface area contributed by atoms with E-state index in [4.69, 9.17) is 0 Å². The molecule has 5 atom stereocenters. The molecule has 0 radical (unpaired) electrons. The van der Waals surface area contributed by atoms with Gasteiger partial charge in [0, 0.05) is 30.3 Å². The lowest BCUT2D eigenvalue weighted by molar-refractivity contribution is -0.966. The van der Waals surface area contributed by atoms with Crippen LogP contribution in [-0.2, 0) is 4.79 Å². The number of nitrogens with one attached hydrogen (secondary N) is 1. The van der Waals surface area contributed by atoms with Crippen LogP contribution in [0.1, 0.15) is 41.7 Å². The first-order valence-corrected chi connectivity index (χ1v) is 14.0. The summed E-state index contributed by atoms with van der Waals surface area (Å²) in [4.78, 5) is 18.4. The smallest absolute Gasteiger partial charge is 0.276 e. The van der Waals surface area contributed by atoms with Crippen LogP contribution in [0, 0.1) is 11.8 Å². The number of piperidine rings is 3. The van der Waals surface area contributed by atoms with Gasteiger partial charge in [0.05, 0.1) is 24.6 Å². The lowest BCUT2D eigenvalue weighted by Crippen LogP contribution is -3.00. The number of aliphatic hydroxyl groups is 1. The van der Waals surface area contributed by atoms with Gasteiger partial charge in [0.25, 0.3) is 5.91 Å². The van der Waals surface area contributed by atoms with Crippen LogP contribution >= 0.6 is 0 Å². The van der Waals surface area contributed by atoms with Crippen LogP contribution in [0.2, 0.25) is 0 Å². The number of rotatable bonds is 8. The molecule has 4 heterocycles. The third-order valence-corrected chi connectivity index (χ3v) is 9.07. The molecule has 40 heavy (non-hydrogen) atoms. The normalized spacial score (nSPS) is 24.3. The number of aromatic nitrogens is 1. The third-order valence-electron chi connectivity index (χ3n) is 9.07. The first-order chi connectivity index (χ1) is 19.1. The van der Waals surface area contributed by atoms with Gasteiger partial charge in [-0.2, -0.15) is 0 Å². The van der Waals surface area contributed by atoms with E-state index in [2.05, 4.69) is 47.2 Å². The van der Waals surface area contributed by atoms with Gasteiger partial charge in [-0.25, -0.2) is 0 Å². The number of quaternary nitrogens is 1. The van der Waals surface area contributed by atoms with E-state index in [1.165, 1.54) is 0 Å². The number of amides is 1. The molecule has 0 saturated carbocycles. The Hall–Kier alpha value is -3.32. The molecule has 1 amide bonds. The van der Waals surface area contributed by atoms with Gasteiger partial charge < -0.3 is 31.9 Å². The summed E-state index contributed by atoms with van der Waals surface area (Å²) in [5.74, 6) is 0.843. The number of benzene rings is 3. The molecule has 0 unspecified atom stereocenters. The summed E-state index contributed by atoms with van der Waals surface area (Å²) in [5, 5.41) is 16.3. The van der Waals surface area contributed by atoms with Crippen molar-refractivity contribution in [3.8, 4) is 0 Å². The molecule has 3 fully saturated rings. The van der Waals surface area contributed by atoms with E-state index < -0.39 is 6.10 Å². The zero-order valence-corrected chi connectivity index (χ0v) is 24.2. The van der Waals surface area contributed by atoms with Crippen LogP contribution < -0.4 is 22.3 Å². The van der Waals surface area contributed by atoms with E-state index in [0.29, 0.717) is 22.9 Å². The molecule has 0 aliphatic carbocycles. The second kappa shape index (κ2) is 12.0. The number of hydrogen-bond donors (Lipinski definition) is 2. The quantitative estimate of drug-likeness (QED) is 0.242. The summed E-state index contributed by atoms with van der Waals surface area (Å²) in [5.41, 5.74) is 3.89. The SMILES string of the molecule is C=C[C@H]1C[N@+]2(CC(=O)NC(c3ccccc3)c3ccccc3)CC[C@H]1C[C@@H]2[C@@H](O)c1ccnc2ccccc12.[Br-]. The number of halogens is 1. The Balaban J connectivity index is 0.00000323. The van der Waals surface area contributed by atoms with Gasteiger partial charge in [-0.05, 0) is 34.7 Å². The van der Waals surface area contributed by atoms with Crippen molar-refractivity contribution in [3.63, 3.8) is 0 Å². The maximum atomic E-state index is 13.9. The standard InChI is InChI=1S/C34H35N3O2.BrH/c1-2-24-22-37(23-32(38)36-33(25-11-5-3-6-12-25)26-13-7-4-8-14-26)20-18-27(24)21-31(37)34(39)29-17-19-35-30-16-10-9-15-28(29)30;/h2-17,19,24,27,31,33-34,39H,1,18,20-23H2;1H/t24-,27-,31+,34-,37-;/m0./s1. The van der Waals surface area contributed by atoms with Gasteiger partial charge >= 0.3 is 0 Å². The Morgan fingerprint density at radius 2 is 1.65 bits per heavy atom. The van der Waals surface area contributed by atoms with Gasteiger partial charge in [0.15, 0.2) is 6.54 Å². The van der Waals surface area contributed by atoms with Crippen LogP contribution in [0.5, 0.6) is 0 Å². The minimum Gasteiger partial charge on any atom is -1.00 e. The summed E-state index contributed by atoms with van der Waals surface area (Å²) < 4.78 is 0.577. The predicted molar refractivity (Wildman–Crippen MR) is 155 cm³/mol. The number of nitrogens with zero attached hydrogens (tertiary/aromatic N) is 2. The summed E-state index contributed by atoms with van der Waals surface area (Å²) in [6.45, 7) is 6.17. The Morgan fingerprint density at radius 3 is 2.33 bits per heavy atom. The summed E-state index contributed by atoms with van der Waals surface area (Å²) in [6.07, 6.45) is 5.09. The fourth-order valence-electron chi connectivity index (χ4n) is 7.11. The molecule has 3 saturated heterocycles. The van der Waals surface area contributed by atoms with Gasteiger partial charge in [0.2, 0.25) is 0 Å². The van der Waals surface area contributed by atoms with E-state index >= 15 is 0 Å². The van der Waals surface area contributed by atoms with E-state index in [1.807, 2.05) is 66.7 Å². The van der Waals surface area contributed by atoms with Gasteiger partial charge in [-0.1, -0.05) is 84.9 Å². The minimum absolute atomic E-state index is 0. The highest BCUT2D eigenvalue weighted by atomic mass is 79.9. The highest BCUT2D eigenvalue weighted by Crippen LogP contribution is 2.47. The summed E-state index contributed by atoms with van der Waals surface area (Å²) in [7, 11) is 0. The van der Waals surface area contributed by atoms with Crippen LogP contribution in [0.3, 0.4) is 0 Å². The van der Waals surface area contributed by atoms with Gasteiger partial charge in [-0.15, -0.1) is 6.58 Å². The number of aliphatic hydroxyl groups excluding tert-OH is 1. The Kier molecular flexibility index (Phi) is 8.50. The second-order valence-electron chi connectivity index (χ2n) is 11.2. The third kappa shape index (κ3) is 5.36. The topological polar surface area (TPSA) is 62.2 Å². The van der Waals surface area contributed by atoms with Crippen molar-refractivity contribution in [2.45, 2.75) is 31.0 Å². The second-order valence-corrected chi connectivity index (χ2v) is 11.2. The fourth-order valence-corrected chi connectivity index (χ4v) is 7.11. The zero-order valence-electron chi connectivity index (χ0n) is 22.6. The van der Waals surface area contributed by atoms with Crippen LogP contribution in [0.15, 0.2) is 110 Å². The maximum Gasteiger partial charge on any atom is 0.276 e. The van der Waals surface area contributed by atoms with Crippen molar-refractivity contribution in [3.05, 3.63) is 127 Å². The average Bonchev–Trinajstić information content (AvgIpc) is 3.00. The Bertz CT molecular complexity index is 1420.